The molecule has 2 aromatic heterocycles. The number of hydrogen-bond donors (Lipinski definition) is 2. The third kappa shape index (κ3) is 4.22. The van der Waals surface area contributed by atoms with Crippen molar-refractivity contribution in [1.29, 1.82) is 0 Å². The number of rotatable bonds is 4. The van der Waals surface area contributed by atoms with E-state index in [2.05, 4.69) is 48.2 Å². The lowest BCUT2D eigenvalue weighted by Gasteiger charge is -2.33. The summed E-state index contributed by atoms with van der Waals surface area (Å²) < 4.78 is 5.09. The Hall–Kier alpha value is -2.09. The first-order valence-corrected chi connectivity index (χ1v) is 8.67. The maximum absolute atomic E-state index is 5.09. The maximum atomic E-state index is 5.09. The van der Waals surface area contributed by atoms with Crippen molar-refractivity contribution in [3.8, 4) is 0 Å². The molecule has 2 aromatic rings. The number of aliphatic imine (C=N–C) groups is 1. The minimum Gasteiger partial charge on any atom is -0.363 e. The molecule has 0 aliphatic carbocycles. The molecule has 1 saturated heterocycles. The smallest absolute Gasteiger partial charge is 0.246 e. The van der Waals surface area contributed by atoms with Crippen LogP contribution in [-0.4, -0.2) is 42.3 Å². The molecule has 0 bridgehead atoms. The van der Waals surface area contributed by atoms with Crippen LogP contribution in [0.5, 0.6) is 0 Å². The molecule has 0 radical (unpaired) electrons. The molecule has 23 heavy (non-hydrogen) atoms. The van der Waals surface area contributed by atoms with E-state index in [4.69, 9.17) is 4.52 Å². The minimum atomic E-state index is 0.432. The van der Waals surface area contributed by atoms with E-state index in [1.807, 2.05) is 0 Å². The molecular formula is C15H22N6OS. The van der Waals surface area contributed by atoms with E-state index >= 15 is 0 Å². The van der Waals surface area contributed by atoms with E-state index in [1.165, 1.54) is 5.00 Å². The normalized spacial score (nSPS) is 16.6. The van der Waals surface area contributed by atoms with Crippen LogP contribution in [0.25, 0.3) is 0 Å². The van der Waals surface area contributed by atoms with Crippen LogP contribution in [0.3, 0.4) is 0 Å². The Bertz CT molecular complexity index is 630. The molecule has 1 aliphatic heterocycles. The van der Waals surface area contributed by atoms with Gasteiger partial charge in [-0.15, -0.1) is 11.3 Å². The molecule has 124 valence electrons. The predicted molar refractivity (Wildman–Crippen MR) is 91.9 cm³/mol. The molecule has 3 rings (SSSR count). The van der Waals surface area contributed by atoms with Gasteiger partial charge in [-0.2, -0.15) is 4.98 Å². The van der Waals surface area contributed by atoms with E-state index in [0.717, 1.165) is 31.9 Å². The number of anilines is 1. The molecule has 1 fully saturated rings. The summed E-state index contributed by atoms with van der Waals surface area (Å²) in [5.74, 6) is 1.99. The van der Waals surface area contributed by atoms with Gasteiger partial charge in [-0.1, -0.05) is 5.16 Å². The van der Waals surface area contributed by atoms with Gasteiger partial charge in [0.15, 0.2) is 11.8 Å². The molecule has 0 unspecified atom stereocenters. The molecular weight excluding hydrogens is 312 g/mol. The van der Waals surface area contributed by atoms with Gasteiger partial charge in [-0.05, 0) is 37.3 Å². The number of thiophene rings is 1. The van der Waals surface area contributed by atoms with Gasteiger partial charge in [0.1, 0.15) is 0 Å². The molecule has 0 spiro atoms. The van der Waals surface area contributed by atoms with Crippen LogP contribution >= 0.6 is 11.3 Å². The van der Waals surface area contributed by atoms with Crippen LogP contribution in [0.4, 0.5) is 5.00 Å². The van der Waals surface area contributed by atoms with Crippen molar-refractivity contribution >= 4 is 22.3 Å². The zero-order valence-electron chi connectivity index (χ0n) is 13.5. The molecule has 0 atom stereocenters. The van der Waals surface area contributed by atoms with Crippen molar-refractivity contribution in [1.82, 2.24) is 20.8 Å². The summed E-state index contributed by atoms with van der Waals surface area (Å²) in [5.41, 5.74) is 0. The Labute approximate surface area is 139 Å². The molecule has 0 amide bonds. The van der Waals surface area contributed by atoms with Gasteiger partial charge in [0.25, 0.3) is 0 Å². The fourth-order valence-corrected chi connectivity index (χ4v) is 3.44. The minimum absolute atomic E-state index is 0.432. The summed E-state index contributed by atoms with van der Waals surface area (Å²) in [6, 6.07) is 4.72. The van der Waals surface area contributed by atoms with Crippen molar-refractivity contribution in [2.24, 2.45) is 4.99 Å². The summed E-state index contributed by atoms with van der Waals surface area (Å²) in [6.07, 6.45) is 2.19. The van der Waals surface area contributed by atoms with E-state index in [-0.39, 0.29) is 0 Å². The van der Waals surface area contributed by atoms with Crippen LogP contribution in [0.15, 0.2) is 27.0 Å². The second-order valence-electron chi connectivity index (χ2n) is 5.52. The SMILES string of the molecule is CN=C(NCc1nc(C)no1)NC1CCN(c2cccs2)CC1. The first-order valence-electron chi connectivity index (χ1n) is 7.79. The van der Waals surface area contributed by atoms with Crippen LogP contribution in [0, 0.1) is 6.92 Å². The fraction of sp³-hybridized carbons (Fsp3) is 0.533. The number of hydrogen-bond acceptors (Lipinski definition) is 6. The molecule has 2 N–H and O–H groups in total. The van der Waals surface area contributed by atoms with Gasteiger partial charge in [-0.25, -0.2) is 0 Å². The van der Waals surface area contributed by atoms with Crippen LogP contribution in [-0.2, 0) is 6.54 Å². The summed E-state index contributed by atoms with van der Waals surface area (Å²) in [6.45, 7) is 4.42. The zero-order chi connectivity index (χ0) is 16.1. The lowest BCUT2D eigenvalue weighted by atomic mass is 10.1. The van der Waals surface area contributed by atoms with Crippen molar-refractivity contribution < 1.29 is 4.52 Å². The Balaban J connectivity index is 1.45. The second-order valence-corrected chi connectivity index (χ2v) is 6.44. The van der Waals surface area contributed by atoms with Crippen LogP contribution in [0.2, 0.25) is 0 Å². The Morgan fingerprint density at radius 3 is 2.91 bits per heavy atom. The summed E-state index contributed by atoms with van der Waals surface area (Å²) >= 11 is 1.80. The molecule has 7 nitrogen and oxygen atoms in total. The Morgan fingerprint density at radius 2 is 2.30 bits per heavy atom. The molecule has 1 aliphatic rings. The van der Waals surface area contributed by atoms with E-state index in [9.17, 15) is 0 Å². The van der Waals surface area contributed by atoms with Crippen LogP contribution in [0.1, 0.15) is 24.6 Å². The van der Waals surface area contributed by atoms with Crippen molar-refractivity contribution in [3.05, 3.63) is 29.2 Å². The van der Waals surface area contributed by atoms with Gasteiger partial charge >= 0.3 is 0 Å². The predicted octanol–water partition coefficient (Wildman–Crippen LogP) is 1.77. The quantitative estimate of drug-likeness (QED) is 0.655. The van der Waals surface area contributed by atoms with Crippen molar-refractivity contribution in [2.75, 3.05) is 25.0 Å². The fourth-order valence-electron chi connectivity index (χ4n) is 2.65. The number of nitrogens with one attached hydrogen (secondary N) is 2. The summed E-state index contributed by atoms with van der Waals surface area (Å²) in [7, 11) is 1.77. The monoisotopic (exact) mass is 334 g/mol. The first kappa shape index (κ1) is 15.8. The van der Waals surface area contributed by atoms with Gasteiger partial charge in [0.05, 0.1) is 11.5 Å². The third-order valence-corrected chi connectivity index (χ3v) is 4.78. The Morgan fingerprint density at radius 1 is 1.48 bits per heavy atom. The average Bonchev–Trinajstić information content (AvgIpc) is 3.24. The zero-order valence-corrected chi connectivity index (χ0v) is 14.3. The molecule has 0 aromatic carbocycles. The highest BCUT2D eigenvalue weighted by Crippen LogP contribution is 2.24. The highest BCUT2D eigenvalue weighted by molar-refractivity contribution is 7.14. The molecule has 0 saturated carbocycles. The second kappa shape index (κ2) is 7.45. The van der Waals surface area contributed by atoms with Gasteiger partial charge in [0.2, 0.25) is 5.89 Å². The van der Waals surface area contributed by atoms with E-state index in [1.54, 1.807) is 25.3 Å². The highest BCUT2D eigenvalue weighted by Gasteiger charge is 2.20. The first-order chi connectivity index (χ1) is 11.2. The lowest BCUT2D eigenvalue weighted by molar-refractivity contribution is 0.370. The standard InChI is InChI=1S/C15H22N6OS/c1-11-18-13(22-20-11)10-17-15(16-2)19-12-5-7-21(8-6-12)14-4-3-9-23-14/h3-4,9,12H,5-8,10H2,1-2H3,(H2,16,17,19). The highest BCUT2D eigenvalue weighted by atomic mass is 32.1. The average molecular weight is 334 g/mol. The number of piperidine rings is 1. The maximum Gasteiger partial charge on any atom is 0.246 e. The van der Waals surface area contributed by atoms with Crippen molar-refractivity contribution in [3.63, 3.8) is 0 Å². The van der Waals surface area contributed by atoms with Gasteiger partial charge in [-0.3, -0.25) is 4.99 Å². The summed E-state index contributed by atoms with van der Waals surface area (Å²) in [5, 5.41) is 14.0. The van der Waals surface area contributed by atoms with Crippen molar-refractivity contribution in [2.45, 2.75) is 32.4 Å². The van der Waals surface area contributed by atoms with Gasteiger partial charge < -0.3 is 20.1 Å². The number of aromatic nitrogens is 2. The van der Waals surface area contributed by atoms with E-state index < -0.39 is 0 Å². The number of guanidine groups is 1. The van der Waals surface area contributed by atoms with Gasteiger partial charge in [0, 0.05) is 26.2 Å². The molecule has 3 heterocycles. The van der Waals surface area contributed by atoms with E-state index in [0.29, 0.717) is 24.3 Å². The third-order valence-electron chi connectivity index (χ3n) is 3.85. The Kier molecular flexibility index (Phi) is 5.12. The molecule has 8 heteroatoms. The summed E-state index contributed by atoms with van der Waals surface area (Å²) in [4.78, 5) is 10.9. The number of aryl methyl sites for hydroxylation is 1. The lowest BCUT2D eigenvalue weighted by Crippen LogP contribution is -2.48. The topological polar surface area (TPSA) is 78.6 Å². The largest absolute Gasteiger partial charge is 0.363 e. The van der Waals surface area contributed by atoms with Crippen LogP contribution < -0.4 is 15.5 Å². The number of nitrogens with zero attached hydrogens (tertiary/aromatic N) is 4.